The number of fused-ring (bicyclic) bond motifs is 1. The van der Waals surface area contributed by atoms with Gasteiger partial charge in [0.2, 0.25) is 0 Å². The summed E-state index contributed by atoms with van der Waals surface area (Å²) in [5.74, 6) is 0.0531. The molecule has 1 heterocycles. The van der Waals surface area contributed by atoms with Gasteiger partial charge in [0.15, 0.2) is 0 Å². The quantitative estimate of drug-likeness (QED) is 0.720. The highest BCUT2D eigenvalue weighted by Crippen LogP contribution is 2.37. The summed E-state index contributed by atoms with van der Waals surface area (Å²) >= 11 is 0. The molecule has 0 bridgehead atoms. The molecule has 6 nitrogen and oxygen atoms in total. The number of esters is 1. The third-order valence-electron chi connectivity index (χ3n) is 6.55. The highest BCUT2D eigenvalue weighted by atomic mass is 16.6. The highest BCUT2D eigenvalue weighted by Gasteiger charge is 2.45. The molecule has 6 heteroatoms. The number of nitrogens with zero attached hydrogens (tertiary/aromatic N) is 1. The maximum absolute atomic E-state index is 13.0. The van der Waals surface area contributed by atoms with Crippen molar-refractivity contribution >= 4 is 12.1 Å². The number of likely N-dealkylation sites (tertiary alicyclic amines) is 1. The summed E-state index contributed by atoms with van der Waals surface area (Å²) in [6, 6.07) is 17.7. The zero-order valence-corrected chi connectivity index (χ0v) is 18.0. The highest BCUT2D eigenvalue weighted by molar-refractivity contribution is 5.84. The maximum Gasteiger partial charge on any atom is 0.410 e. The lowest BCUT2D eigenvalue weighted by Crippen LogP contribution is -2.47. The number of amides is 1. The summed E-state index contributed by atoms with van der Waals surface area (Å²) in [4.78, 5) is 27.1. The molecule has 4 rings (SSSR count). The second kappa shape index (κ2) is 9.52. The van der Waals surface area contributed by atoms with Gasteiger partial charge in [0.25, 0.3) is 0 Å². The summed E-state index contributed by atoms with van der Waals surface area (Å²) in [5, 5.41) is 3.23. The molecule has 1 fully saturated rings. The number of likely N-dealkylation sites (N-methyl/N-ethyl adjacent to an activating group) is 1. The molecule has 2 aliphatic rings. The van der Waals surface area contributed by atoms with Gasteiger partial charge >= 0.3 is 12.1 Å². The van der Waals surface area contributed by atoms with E-state index in [9.17, 15) is 9.59 Å². The monoisotopic (exact) mass is 422 g/mol. The van der Waals surface area contributed by atoms with E-state index >= 15 is 0 Å². The topological polar surface area (TPSA) is 67.9 Å². The van der Waals surface area contributed by atoms with Crippen LogP contribution in [0.4, 0.5) is 4.79 Å². The third-order valence-corrected chi connectivity index (χ3v) is 6.55. The average molecular weight is 423 g/mol. The van der Waals surface area contributed by atoms with Gasteiger partial charge in [-0.05, 0) is 55.3 Å². The molecule has 1 aliphatic heterocycles. The van der Waals surface area contributed by atoms with Crippen LogP contribution < -0.4 is 5.32 Å². The second-order valence-electron chi connectivity index (χ2n) is 8.38. The van der Waals surface area contributed by atoms with Gasteiger partial charge in [-0.25, -0.2) is 9.59 Å². The van der Waals surface area contributed by atoms with Gasteiger partial charge in [0.05, 0.1) is 6.61 Å². The van der Waals surface area contributed by atoms with Crippen LogP contribution >= 0.6 is 0 Å². The Labute approximate surface area is 183 Å². The van der Waals surface area contributed by atoms with E-state index < -0.39 is 5.54 Å². The second-order valence-corrected chi connectivity index (χ2v) is 8.38. The van der Waals surface area contributed by atoms with E-state index in [0.29, 0.717) is 26.1 Å². The van der Waals surface area contributed by atoms with Gasteiger partial charge in [-0.1, -0.05) is 54.6 Å². The molecule has 1 N–H and O–H groups in total. The Morgan fingerprint density at radius 1 is 1.03 bits per heavy atom. The fraction of sp³-hybridized carbons (Fsp3) is 0.440. The molecule has 0 spiro atoms. The Balaban J connectivity index is 1.24. The van der Waals surface area contributed by atoms with Gasteiger partial charge in [-0.3, -0.25) is 0 Å². The van der Waals surface area contributed by atoms with Crippen molar-refractivity contribution in [3.63, 3.8) is 0 Å². The van der Waals surface area contributed by atoms with E-state index in [0.717, 1.165) is 30.4 Å². The van der Waals surface area contributed by atoms with Crippen molar-refractivity contribution in [3.8, 4) is 0 Å². The van der Waals surface area contributed by atoms with E-state index in [1.807, 2.05) is 55.6 Å². The fourth-order valence-corrected chi connectivity index (χ4v) is 4.59. The van der Waals surface area contributed by atoms with Crippen LogP contribution in [0.25, 0.3) is 0 Å². The molecule has 2 aromatic rings. The summed E-state index contributed by atoms with van der Waals surface area (Å²) in [5.41, 5.74) is 2.46. The van der Waals surface area contributed by atoms with Gasteiger partial charge in [0.1, 0.15) is 12.1 Å². The number of carbonyl (C=O) groups excluding carboxylic acids is 2. The van der Waals surface area contributed by atoms with Gasteiger partial charge in [0, 0.05) is 13.1 Å². The van der Waals surface area contributed by atoms with Crippen LogP contribution in [0, 0.1) is 5.92 Å². The minimum atomic E-state index is -0.751. The van der Waals surface area contributed by atoms with Crippen LogP contribution in [0.5, 0.6) is 0 Å². The first-order valence-corrected chi connectivity index (χ1v) is 11.0. The third kappa shape index (κ3) is 4.59. The molecule has 0 radical (unpaired) electrons. The summed E-state index contributed by atoms with van der Waals surface area (Å²) in [6.45, 7) is 1.91. The molecule has 31 heavy (non-hydrogen) atoms. The number of hydrogen-bond acceptors (Lipinski definition) is 5. The first-order valence-electron chi connectivity index (χ1n) is 11.0. The smallest absolute Gasteiger partial charge is 0.410 e. The molecule has 1 atom stereocenters. The summed E-state index contributed by atoms with van der Waals surface area (Å²) in [7, 11) is 1.82. The minimum Gasteiger partial charge on any atom is -0.464 e. The van der Waals surface area contributed by atoms with E-state index in [2.05, 4.69) is 11.4 Å². The van der Waals surface area contributed by atoms with E-state index in [1.165, 1.54) is 5.56 Å². The SMILES string of the molecule is CNC1(C(=O)OCC2CCN(C(=O)OCc3ccccc3)CC2)CCc2ccccc21. The van der Waals surface area contributed by atoms with E-state index in [4.69, 9.17) is 9.47 Å². The molecule has 1 aliphatic carbocycles. The van der Waals surface area contributed by atoms with Gasteiger partial charge in [-0.15, -0.1) is 0 Å². The molecule has 0 saturated carbocycles. The van der Waals surface area contributed by atoms with Crippen LogP contribution in [0.3, 0.4) is 0 Å². The largest absolute Gasteiger partial charge is 0.464 e. The fourth-order valence-electron chi connectivity index (χ4n) is 4.59. The number of benzene rings is 2. The minimum absolute atomic E-state index is 0.204. The van der Waals surface area contributed by atoms with Crippen molar-refractivity contribution in [2.45, 2.75) is 37.8 Å². The summed E-state index contributed by atoms with van der Waals surface area (Å²) < 4.78 is 11.2. The van der Waals surface area contributed by atoms with Crippen molar-refractivity contribution < 1.29 is 19.1 Å². The molecule has 0 aromatic heterocycles. The number of ether oxygens (including phenoxy) is 2. The lowest BCUT2D eigenvalue weighted by molar-refractivity contribution is -0.154. The predicted molar refractivity (Wildman–Crippen MR) is 117 cm³/mol. The van der Waals surface area contributed by atoms with E-state index in [1.54, 1.807) is 4.90 Å². The molecule has 2 aromatic carbocycles. The van der Waals surface area contributed by atoms with Crippen molar-refractivity contribution in [1.82, 2.24) is 10.2 Å². The van der Waals surface area contributed by atoms with Crippen molar-refractivity contribution in [3.05, 3.63) is 71.3 Å². The summed E-state index contributed by atoms with van der Waals surface area (Å²) in [6.07, 6.45) is 2.91. The van der Waals surface area contributed by atoms with Gasteiger partial charge in [-0.2, -0.15) is 0 Å². The maximum atomic E-state index is 13.0. The normalized spacial score (nSPS) is 20.9. The average Bonchev–Trinajstić information content (AvgIpc) is 3.22. The van der Waals surface area contributed by atoms with Crippen LogP contribution in [0.15, 0.2) is 54.6 Å². The Kier molecular flexibility index (Phi) is 6.56. The van der Waals surface area contributed by atoms with Crippen molar-refractivity contribution in [2.24, 2.45) is 5.92 Å². The molecule has 164 valence electrons. The molecule has 1 unspecified atom stereocenters. The van der Waals surface area contributed by atoms with Crippen LogP contribution in [-0.2, 0) is 32.8 Å². The van der Waals surface area contributed by atoms with Crippen molar-refractivity contribution in [1.29, 1.82) is 0 Å². The molecular weight excluding hydrogens is 392 g/mol. The lowest BCUT2D eigenvalue weighted by atomic mass is 9.92. The predicted octanol–water partition coefficient (Wildman–Crippen LogP) is 3.64. The standard InChI is InChI=1S/C25H30N2O4/c1-26-25(14-11-21-9-5-6-10-22(21)25)23(28)30-17-20-12-15-27(16-13-20)24(29)31-18-19-7-3-2-4-8-19/h2-10,20,26H,11-18H2,1H3. The lowest BCUT2D eigenvalue weighted by Gasteiger charge is -2.32. The van der Waals surface area contributed by atoms with Crippen LogP contribution in [-0.4, -0.2) is 43.7 Å². The molecule has 1 amide bonds. The number of piperidine rings is 1. The molecular formula is C25H30N2O4. The van der Waals surface area contributed by atoms with Gasteiger partial charge < -0.3 is 19.7 Å². The first kappa shape index (κ1) is 21.4. The van der Waals surface area contributed by atoms with Crippen LogP contribution in [0.2, 0.25) is 0 Å². The number of aryl methyl sites for hydroxylation is 1. The number of rotatable bonds is 6. The zero-order chi connectivity index (χ0) is 21.7. The number of carbonyl (C=O) groups is 2. The number of nitrogens with one attached hydrogen (secondary N) is 1. The first-order chi connectivity index (χ1) is 15.1. The Bertz CT molecular complexity index is 909. The Morgan fingerprint density at radius 2 is 1.74 bits per heavy atom. The zero-order valence-electron chi connectivity index (χ0n) is 18.0. The Hall–Kier alpha value is -2.86. The Morgan fingerprint density at radius 3 is 2.48 bits per heavy atom. The van der Waals surface area contributed by atoms with Crippen molar-refractivity contribution in [2.75, 3.05) is 26.7 Å². The van der Waals surface area contributed by atoms with Crippen LogP contribution in [0.1, 0.15) is 36.0 Å². The van der Waals surface area contributed by atoms with E-state index in [-0.39, 0.29) is 24.6 Å². The number of hydrogen-bond donors (Lipinski definition) is 1. The molecule has 1 saturated heterocycles.